The largest absolute Gasteiger partial charge is 0.454 e. The molecule has 2 amide bonds. The number of halogens is 2. The predicted molar refractivity (Wildman–Crippen MR) is 142 cm³/mol. The van der Waals surface area contributed by atoms with Gasteiger partial charge in [0.2, 0.25) is 18.6 Å². The molecule has 1 atom stereocenters. The molecule has 3 aromatic rings. The van der Waals surface area contributed by atoms with Crippen LogP contribution in [0.3, 0.4) is 0 Å². The van der Waals surface area contributed by atoms with Crippen LogP contribution in [0.5, 0.6) is 11.5 Å². The SMILES string of the molecule is Cc1ccc(NC(=O)C2CC(=O)N(Cc3ccc4c(c3)OCO4)C(=Nc3ccc(Cl)cc3)S2)cc1Cl. The number of carbonyl (C=O) groups is 2. The van der Waals surface area contributed by atoms with Crippen LogP contribution in [0, 0.1) is 6.92 Å². The first-order chi connectivity index (χ1) is 17.4. The van der Waals surface area contributed by atoms with Crippen LogP contribution in [0.2, 0.25) is 10.0 Å². The highest BCUT2D eigenvalue weighted by atomic mass is 35.5. The molecule has 36 heavy (non-hydrogen) atoms. The van der Waals surface area contributed by atoms with Gasteiger partial charge < -0.3 is 14.8 Å². The van der Waals surface area contributed by atoms with E-state index in [4.69, 9.17) is 37.7 Å². The molecule has 184 valence electrons. The molecule has 5 rings (SSSR count). The monoisotopic (exact) mass is 541 g/mol. The molecule has 0 bridgehead atoms. The summed E-state index contributed by atoms with van der Waals surface area (Å²) in [6.07, 6.45) is 0.0281. The molecule has 7 nitrogen and oxygen atoms in total. The summed E-state index contributed by atoms with van der Waals surface area (Å²) in [5, 5.41) is 3.77. The second-order valence-corrected chi connectivity index (χ2v) is 10.3. The second kappa shape index (κ2) is 10.4. The zero-order chi connectivity index (χ0) is 25.2. The van der Waals surface area contributed by atoms with Crippen LogP contribution in [-0.4, -0.2) is 33.9 Å². The summed E-state index contributed by atoms with van der Waals surface area (Å²) >= 11 is 13.5. The minimum absolute atomic E-state index is 0.0281. The number of hydrogen-bond acceptors (Lipinski definition) is 6. The number of ether oxygens (including phenoxy) is 2. The molecule has 0 spiro atoms. The maximum Gasteiger partial charge on any atom is 0.238 e. The van der Waals surface area contributed by atoms with Gasteiger partial charge in [0.15, 0.2) is 16.7 Å². The van der Waals surface area contributed by atoms with E-state index in [1.165, 1.54) is 11.8 Å². The molecule has 2 aliphatic rings. The fourth-order valence-corrected chi connectivity index (χ4v) is 5.14. The van der Waals surface area contributed by atoms with Crippen LogP contribution in [0.1, 0.15) is 17.5 Å². The van der Waals surface area contributed by atoms with Gasteiger partial charge in [-0.3, -0.25) is 14.5 Å². The summed E-state index contributed by atoms with van der Waals surface area (Å²) in [6, 6.07) is 17.8. The lowest BCUT2D eigenvalue weighted by Gasteiger charge is -2.32. The van der Waals surface area contributed by atoms with Gasteiger partial charge in [-0.25, -0.2) is 4.99 Å². The molecule has 2 aliphatic heterocycles. The van der Waals surface area contributed by atoms with Crippen LogP contribution in [0.25, 0.3) is 0 Å². The van der Waals surface area contributed by atoms with E-state index >= 15 is 0 Å². The number of benzene rings is 3. The summed E-state index contributed by atoms with van der Waals surface area (Å²) in [5.41, 5.74) is 2.96. The Balaban J connectivity index is 1.40. The third-order valence-corrected chi connectivity index (χ3v) is 7.55. The minimum Gasteiger partial charge on any atom is -0.454 e. The zero-order valence-corrected chi connectivity index (χ0v) is 21.5. The number of rotatable bonds is 5. The van der Waals surface area contributed by atoms with Crippen LogP contribution in [-0.2, 0) is 16.1 Å². The minimum atomic E-state index is -0.656. The van der Waals surface area contributed by atoms with Gasteiger partial charge in [0.05, 0.1) is 12.2 Å². The maximum absolute atomic E-state index is 13.3. The van der Waals surface area contributed by atoms with Gasteiger partial charge in [-0.15, -0.1) is 0 Å². The molecule has 1 fully saturated rings. The first kappa shape index (κ1) is 24.5. The molecular formula is C26H21Cl2N3O4S. The number of aryl methyl sites for hydroxylation is 1. The van der Waals surface area contributed by atoms with Crippen LogP contribution in [0.15, 0.2) is 65.7 Å². The van der Waals surface area contributed by atoms with E-state index in [2.05, 4.69) is 5.32 Å². The number of amides is 2. The van der Waals surface area contributed by atoms with Crippen molar-refractivity contribution >= 4 is 63.3 Å². The standard InChI is InChI=1S/C26H21Cl2N3O4S/c1-15-2-6-19(11-20(15)28)29-25(33)23-12-24(32)31(13-16-3-9-21-22(10-16)35-14-34-21)26(36-23)30-18-7-4-17(27)5-8-18/h2-11,23H,12-14H2,1H3,(H,29,33). The summed E-state index contributed by atoms with van der Waals surface area (Å²) in [7, 11) is 0. The molecule has 0 aliphatic carbocycles. The molecule has 0 saturated carbocycles. The lowest BCUT2D eigenvalue weighted by molar-refractivity contribution is -0.129. The number of amidine groups is 1. The molecule has 1 unspecified atom stereocenters. The highest BCUT2D eigenvalue weighted by Gasteiger charge is 2.36. The van der Waals surface area contributed by atoms with E-state index < -0.39 is 5.25 Å². The Morgan fingerprint density at radius 1 is 1.08 bits per heavy atom. The number of hydrogen-bond donors (Lipinski definition) is 1. The van der Waals surface area contributed by atoms with Gasteiger partial charge in [-0.2, -0.15) is 0 Å². The number of anilines is 1. The van der Waals surface area contributed by atoms with Crippen LogP contribution < -0.4 is 14.8 Å². The van der Waals surface area contributed by atoms with E-state index in [0.717, 1.165) is 11.1 Å². The van der Waals surface area contributed by atoms with E-state index in [-0.39, 0.29) is 31.6 Å². The van der Waals surface area contributed by atoms with Crippen molar-refractivity contribution in [1.29, 1.82) is 0 Å². The fourth-order valence-electron chi connectivity index (χ4n) is 3.74. The number of thioether (sulfide) groups is 1. The van der Waals surface area contributed by atoms with Gasteiger partial charge >= 0.3 is 0 Å². The fraction of sp³-hybridized carbons (Fsp3) is 0.192. The smallest absolute Gasteiger partial charge is 0.238 e. The molecule has 3 aromatic carbocycles. The van der Waals surface area contributed by atoms with E-state index in [1.54, 1.807) is 41.3 Å². The van der Waals surface area contributed by atoms with Crippen LogP contribution >= 0.6 is 35.0 Å². The Morgan fingerprint density at radius 2 is 1.86 bits per heavy atom. The maximum atomic E-state index is 13.3. The normalized spacial score (nSPS) is 18.0. The Bertz CT molecular complexity index is 1360. The third-order valence-electron chi connectivity index (χ3n) is 5.70. The van der Waals surface area contributed by atoms with E-state index in [9.17, 15) is 9.59 Å². The Kier molecular flexibility index (Phi) is 7.09. The van der Waals surface area contributed by atoms with Crippen molar-refractivity contribution in [2.45, 2.75) is 25.1 Å². The van der Waals surface area contributed by atoms with Crippen molar-refractivity contribution in [3.63, 3.8) is 0 Å². The number of aliphatic imine (C=N–C) groups is 1. The Morgan fingerprint density at radius 3 is 2.64 bits per heavy atom. The average Bonchev–Trinajstić information content (AvgIpc) is 3.33. The third kappa shape index (κ3) is 5.46. The summed E-state index contributed by atoms with van der Waals surface area (Å²) in [5.74, 6) is 0.803. The molecule has 1 N–H and O–H groups in total. The average molecular weight is 542 g/mol. The summed E-state index contributed by atoms with van der Waals surface area (Å²) in [6.45, 7) is 2.33. The number of nitrogens with one attached hydrogen (secondary N) is 1. The highest BCUT2D eigenvalue weighted by molar-refractivity contribution is 8.15. The molecule has 2 heterocycles. The van der Waals surface area contributed by atoms with Crippen molar-refractivity contribution in [3.8, 4) is 11.5 Å². The van der Waals surface area contributed by atoms with E-state index in [1.807, 2.05) is 31.2 Å². The number of fused-ring (bicyclic) bond motifs is 1. The van der Waals surface area contributed by atoms with Gasteiger partial charge in [0, 0.05) is 22.2 Å². The van der Waals surface area contributed by atoms with Crippen molar-refractivity contribution in [2.75, 3.05) is 12.1 Å². The summed E-state index contributed by atoms with van der Waals surface area (Å²) < 4.78 is 10.9. The molecule has 1 saturated heterocycles. The van der Waals surface area contributed by atoms with Crippen molar-refractivity contribution in [3.05, 3.63) is 81.8 Å². The van der Waals surface area contributed by atoms with Crippen molar-refractivity contribution < 1.29 is 19.1 Å². The first-order valence-electron chi connectivity index (χ1n) is 11.1. The van der Waals surface area contributed by atoms with Gasteiger partial charge in [0.1, 0.15) is 5.25 Å². The molecule has 0 radical (unpaired) electrons. The lowest BCUT2D eigenvalue weighted by Crippen LogP contribution is -2.44. The molecule has 10 heteroatoms. The zero-order valence-electron chi connectivity index (χ0n) is 19.2. The van der Waals surface area contributed by atoms with Gasteiger partial charge in [0.25, 0.3) is 0 Å². The molecular weight excluding hydrogens is 521 g/mol. The van der Waals surface area contributed by atoms with E-state index in [0.29, 0.717) is 38.1 Å². The Hall–Kier alpha value is -3.20. The topological polar surface area (TPSA) is 80.2 Å². The lowest BCUT2D eigenvalue weighted by atomic mass is 10.1. The quantitative estimate of drug-likeness (QED) is 0.416. The highest BCUT2D eigenvalue weighted by Crippen LogP contribution is 2.35. The number of nitrogens with zero attached hydrogens (tertiary/aromatic N) is 2. The Labute approximate surface area is 222 Å². The van der Waals surface area contributed by atoms with Crippen LogP contribution in [0.4, 0.5) is 11.4 Å². The summed E-state index contributed by atoms with van der Waals surface area (Å²) in [4.78, 5) is 32.7. The predicted octanol–water partition coefficient (Wildman–Crippen LogP) is 6.19. The first-order valence-corrected chi connectivity index (χ1v) is 12.8. The second-order valence-electron chi connectivity index (χ2n) is 8.30. The van der Waals surface area contributed by atoms with Gasteiger partial charge in [-0.05, 0) is 66.6 Å². The number of carbonyl (C=O) groups excluding carboxylic acids is 2. The van der Waals surface area contributed by atoms with Crippen molar-refractivity contribution in [1.82, 2.24) is 4.90 Å². The van der Waals surface area contributed by atoms with Crippen molar-refractivity contribution in [2.24, 2.45) is 4.99 Å². The molecule has 0 aromatic heterocycles. The van der Waals surface area contributed by atoms with Gasteiger partial charge in [-0.1, -0.05) is 47.1 Å².